The van der Waals surface area contributed by atoms with E-state index in [2.05, 4.69) is 21.8 Å². The molecular weight excluding hydrogens is 492 g/mol. The zero-order chi connectivity index (χ0) is 25.9. The smallest absolute Gasteiger partial charge is 0.298 e. The molecule has 0 bridgehead atoms. The van der Waals surface area contributed by atoms with Crippen LogP contribution in [-0.4, -0.2) is 50.4 Å². The van der Waals surface area contributed by atoms with Gasteiger partial charge in [0.15, 0.2) is 0 Å². The molecule has 5 rings (SSSR count). The number of rotatable bonds is 5. The average molecular weight is 517 g/mol. The fourth-order valence-electron chi connectivity index (χ4n) is 4.56. The van der Waals surface area contributed by atoms with E-state index in [9.17, 15) is 4.79 Å². The fourth-order valence-corrected chi connectivity index (χ4v) is 4.78. The minimum atomic E-state index is -0.162. The van der Waals surface area contributed by atoms with Gasteiger partial charge in [0, 0.05) is 43.0 Å². The zero-order valence-corrected chi connectivity index (χ0v) is 21.2. The number of halogens is 1. The molecule has 1 atom stereocenters. The number of fused-ring (bicyclic) bond motifs is 1. The number of hydrogen-bond donors (Lipinski definition) is 1. The molecule has 1 aliphatic rings. The minimum absolute atomic E-state index is 0.0409. The highest BCUT2D eigenvalue weighted by atomic mass is 35.5. The molecule has 1 amide bonds. The van der Waals surface area contributed by atoms with Crippen molar-refractivity contribution in [2.75, 3.05) is 25.9 Å². The summed E-state index contributed by atoms with van der Waals surface area (Å²) in [6.45, 7) is 2.90. The summed E-state index contributed by atoms with van der Waals surface area (Å²) in [7, 11) is 1.58. The van der Waals surface area contributed by atoms with Crippen LogP contribution in [0.2, 0.25) is 5.02 Å². The Morgan fingerprint density at radius 1 is 1.19 bits per heavy atom. The lowest BCUT2D eigenvalue weighted by Gasteiger charge is -2.30. The maximum Gasteiger partial charge on any atom is 0.298 e. The van der Waals surface area contributed by atoms with Gasteiger partial charge in [0.2, 0.25) is 11.8 Å². The highest BCUT2D eigenvalue weighted by Gasteiger charge is 2.29. The van der Waals surface area contributed by atoms with Crippen molar-refractivity contribution in [2.24, 2.45) is 0 Å². The lowest BCUT2D eigenvalue weighted by Crippen LogP contribution is -2.38. The Morgan fingerprint density at radius 3 is 2.81 bits per heavy atom. The molecule has 0 spiro atoms. The number of anilines is 1. The van der Waals surface area contributed by atoms with Gasteiger partial charge in [-0.05, 0) is 56.0 Å². The van der Waals surface area contributed by atoms with Crippen LogP contribution in [0.4, 0.5) is 5.95 Å². The van der Waals surface area contributed by atoms with Crippen molar-refractivity contribution in [3.63, 3.8) is 0 Å². The van der Waals surface area contributed by atoms with Gasteiger partial charge in [0.1, 0.15) is 17.3 Å². The number of methoxy groups -OCH3 is 1. The first-order valence-electron chi connectivity index (χ1n) is 11.8. The molecule has 37 heavy (non-hydrogen) atoms. The Morgan fingerprint density at radius 2 is 2.03 bits per heavy atom. The van der Waals surface area contributed by atoms with Crippen LogP contribution in [0.5, 0.6) is 17.4 Å². The predicted octanol–water partition coefficient (Wildman–Crippen LogP) is 4.56. The van der Waals surface area contributed by atoms with E-state index in [0.717, 1.165) is 29.6 Å². The van der Waals surface area contributed by atoms with Crippen LogP contribution in [0.1, 0.15) is 31.4 Å². The largest absolute Gasteiger partial charge is 0.497 e. The molecule has 1 aromatic carbocycles. The van der Waals surface area contributed by atoms with Gasteiger partial charge in [-0.15, -0.1) is 0 Å². The first-order chi connectivity index (χ1) is 18.0. The Kier molecular flexibility index (Phi) is 6.84. The number of benzene rings is 1. The summed E-state index contributed by atoms with van der Waals surface area (Å²) in [5.41, 5.74) is 8.76. The number of imidazole rings is 1. The molecule has 2 N–H and O–H groups in total. The number of nitrogens with zero attached hydrogens (tertiary/aromatic N) is 5. The molecule has 4 heterocycles. The topological polar surface area (TPSA) is 108 Å². The van der Waals surface area contributed by atoms with Crippen molar-refractivity contribution in [3.05, 3.63) is 59.5 Å². The van der Waals surface area contributed by atoms with Gasteiger partial charge in [-0.25, -0.2) is 15.0 Å². The number of amides is 1. The van der Waals surface area contributed by atoms with E-state index in [1.54, 1.807) is 55.6 Å². The van der Waals surface area contributed by atoms with E-state index >= 15 is 0 Å². The monoisotopic (exact) mass is 516 g/mol. The summed E-state index contributed by atoms with van der Waals surface area (Å²) in [5.74, 6) is 7.57. The summed E-state index contributed by atoms with van der Waals surface area (Å²) in [6, 6.07) is 10.7. The number of nitrogen functional groups attached to an aromatic ring is 1. The van der Waals surface area contributed by atoms with E-state index in [0.29, 0.717) is 47.3 Å². The maximum atomic E-state index is 12.4. The van der Waals surface area contributed by atoms with Crippen LogP contribution in [0, 0.1) is 11.8 Å². The maximum absolute atomic E-state index is 12.4. The molecule has 0 saturated carbocycles. The number of carbonyl (C=O) groups excluding carboxylic acids is 1. The Bertz CT molecular complexity index is 1540. The SMILES string of the molecule is CC#CC(=O)N1CCCC(c2nc(-c3ccc(Oc4cc(OC)ccn4)c(Cl)c3)n3c(N)nccc23)C1. The van der Waals surface area contributed by atoms with Gasteiger partial charge >= 0.3 is 0 Å². The molecule has 1 saturated heterocycles. The fraction of sp³-hybridized carbons (Fsp3) is 0.259. The third kappa shape index (κ3) is 4.88. The first-order valence-corrected chi connectivity index (χ1v) is 12.2. The molecule has 10 heteroatoms. The molecule has 0 aliphatic carbocycles. The zero-order valence-electron chi connectivity index (χ0n) is 20.4. The standard InChI is InChI=1S/C27H25ClN6O3/c1-3-5-24(35)33-13-4-6-18(16-33)25-21-10-12-31-27(29)34(21)26(32-25)17-7-8-22(20(28)14-17)37-23-15-19(36-2)9-11-30-23/h7-12,14-15,18H,4,6,13,16H2,1-2H3,(H2,29,31). The molecule has 4 aromatic rings. The number of carbonyl (C=O) groups is 1. The van der Waals surface area contributed by atoms with Crippen LogP contribution >= 0.6 is 11.6 Å². The number of piperidine rings is 1. The third-order valence-corrected chi connectivity index (χ3v) is 6.58. The van der Waals surface area contributed by atoms with Gasteiger partial charge in [0.05, 0.1) is 23.3 Å². The molecule has 1 fully saturated rings. The van der Waals surface area contributed by atoms with E-state index in [1.807, 2.05) is 16.5 Å². The molecule has 3 aromatic heterocycles. The van der Waals surface area contributed by atoms with Crippen LogP contribution in [0.3, 0.4) is 0 Å². The number of likely N-dealkylation sites (tertiary alicyclic amines) is 1. The highest BCUT2D eigenvalue weighted by molar-refractivity contribution is 6.32. The lowest BCUT2D eigenvalue weighted by atomic mass is 9.94. The molecular formula is C27H25ClN6O3. The number of nitrogens with two attached hydrogens (primary N) is 1. The van der Waals surface area contributed by atoms with Crippen molar-refractivity contribution in [2.45, 2.75) is 25.7 Å². The normalized spacial score (nSPS) is 15.2. The van der Waals surface area contributed by atoms with Crippen molar-refractivity contribution < 1.29 is 14.3 Å². The summed E-state index contributed by atoms with van der Waals surface area (Å²) < 4.78 is 12.9. The van der Waals surface area contributed by atoms with Crippen molar-refractivity contribution in [3.8, 4) is 40.6 Å². The summed E-state index contributed by atoms with van der Waals surface area (Å²) >= 11 is 6.61. The van der Waals surface area contributed by atoms with Crippen molar-refractivity contribution >= 4 is 29.0 Å². The summed E-state index contributed by atoms with van der Waals surface area (Å²) in [4.78, 5) is 27.7. The van der Waals surface area contributed by atoms with Crippen LogP contribution in [-0.2, 0) is 4.79 Å². The van der Waals surface area contributed by atoms with Gasteiger partial charge in [-0.2, -0.15) is 0 Å². The van der Waals surface area contributed by atoms with Crippen molar-refractivity contribution in [1.82, 2.24) is 24.3 Å². The van der Waals surface area contributed by atoms with E-state index < -0.39 is 0 Å². The number of pyridine rings is 1. The highest BCUT2D eigenvalue weighted by Crippen LogP contribution is 2.37. The van der Waals surface area contributed by atoms with E-state index in [1.165, 1.54) is 0 Å². The first kappa shape index (κ1) is 24.4. The number of ether oxygens (including phenoxy) is 2. The van der Waals surface area contributed by atoms with E-state index in [-0.39, 0.29) is 11.8 Å². The molecule has 9 nitrogen and oxygen atoms in total. The minimum Gasteiger partial charge on any atom is -0.497 e. The second-order valence-corrected chi connectivity index (χ2v) is 9.00. The van der Waals surface area contributed by atoms with Crippen molar-refractivity contribution in [1.29, 1.82) is 0 Å². The predicted molar refractivity (Wildman–Crippen MR) is 141 cm³/mol. The van der Waals surface area contributed by atoms with Crippen LogP contribution in [0.15, 0.2) is 48.8 Å². The van der Waals surface area contributed by atoms with Gasteiger partial charge in [0.25, 0.3) is 5.91 Å². The Hall–Kier alpha value is -4.29. The second kappa shape index (κ2) is 10.4. The summed E-state index contributed by atoms with van der Waals surface area (Å²) in [6.07, 6.45) is 5.03. The molecule has 188 valence electrons. The van der Waals surface area contributed by atoms with Crippen LogP contribution < -0.4 is 15.2 Å². The number of aromatic nitrogens is 4. The third-order valence-electron chi connectivity index (χ3n) is 6.28. The van der Waals surface area contributed by atoms with Gasteiger partial charge in [-0.1, -0.05) is 17.5 Å². The van der Waals surface area contributed by atoms with Gasteiger partial charge < -0.3 is 20.1 Å². The van der Waals surface area contributed by atoms with Gasteiger partial charge in [-0.3, -0.25) is 9.20 Å². The summed E-state index contributed by atoms with van der Waals surface area (Å²) in [5, 5.41) is 0.385. The average Bonchev–Trinajstić information content (AvgIpc) is 3.31. The second-order valence-electron chi connectivity index (χ2n) is 8.59. The Balaban J connectivity index is 1.50. The Labute approximate surface area is 219 Å². The quantitative estimate of drug-likeness (QED) is 0.387. The molecule has 1 unspecified atom stereocenters. The number of hydrogen-bond acceptors (Lipinski definition) is 7. The molecule has 1 aliphatic heterocycles. The van der Waals surface area contributed by atoms with E-state index in [4.69, 9.17) is 31.8 Å². The lowest BCUT2D eigenvalue weighted by molar-refractivity contribution is -0.126. The van der Waals surface area contributed by atoms with Crippen LogP contribution in [0.25, 0.3) is 16.9 Å². The molecule has 0 radical (unpaired) electrons.